The molecule has 362 valence electrons. The fourth-order valence-corrected chi connectivity index (χ4v) is 9.99. The van der Waals surface area contributed by atoms with Crippen molar-refractivity contribution in [1.29, 1.82) is 0 Å². The van der Waals surface area contributed by atoms with Gasteiger partial charge in [0.05, 0.1) is 16.4 Å². The van der Waals surface area contributed by atoms with E-state index >= 15 is 0 Å². The third-order valence-corrected chi connectivity index (χ3v) is 13.2. The molecule has 0 radical (unpaired) electrons. The molecule has 2 aliphatic heterocycles. The molecule has 4 nitrogen and oxygen atoms in total. The Morgan fingerprint density at radius 2 is 0.595 bits per heavy atom. The smallest absolute Gasteiger partial charge is 0.252 e. The van der Waals surface area contributed by atoms with E-state index in [1.807, 2.05) is 28.0 Å². The molecule has 2 heterocycles. The Bertz CT molecular complexity index is 3360. The van der Waals surface area contributed by atoms with Crippen LogP contribution >= 0.6 is 11.6 Å². The molecule has 74 heavy (non-hydrogen) atoms. The number of hydrogen-bond donors (Lipinski definition) is 0. The third-order valence-electron chi connectivity index (χ3n) is 12.9. The molecule has 2 aliphatic rings. The lowest BCUT2D eigenvalue weighted by molar-refractivity contribution is 0.627. The van der Waals surface area contributed by atoms with Crippen molar-refractivity contribution in [3.8, 4) is 0 Å². The van der Waals surface area contributed by atoms with E-state index in [0.29, 0.717) is 61.4 Å². The maximum atomic E-state index is 14.7. The molecule has 0 spiro atoms. The van der Waals surface area contributed by atoms with Crippen LogP contribution in [0.5, 0.6) is 0 Å². The predicted octanol–water partition coefficient (Wildman–Crippen LogP) is 16.2. The summed E-state index contributed by atoms with van der Waals surface area (Å²) in [5.74, 6) is -3.14. The standard InChI is InChI=1S/C30H17BF4N2.C30H19ClF4N2/c32-18-4-10-22(11-5-18)36-26-14-8-20(34)16-24(26)31-25-17-21(35)9-15-27(25)37(23-12-6-19(33)7-13-23)29-3-1-2-28(36)30(29)31;31-30-28(36(24-12-4-20(32)5-13-24)25-14-6-21(33)7-15-25)2-1-3-29(30)37(26-16-8-22(34)9-17-26)27-18-10-23(35)11-19-27/h1-17H;1-19H. The molecule has 10 aromatic rings. The highest BCUT2D eigenvalue weighted by Crippen LogP contribution is 2.47. The molecule has 0 saturated carbocycles. The van der Waals surface area contributed by atoms with Gasteiger partial charge in [0.1, 0.15) is 46.5 Å². The quantitative estimate of drug-likeness (QED) is 0.111. The van der Waals surface area contributed by atoms with Crippen molar-refractivity contribution in [3.05, 3.63) is 270 Å². The number of anilines is 12. The van der Waals surface area contributed by atoms with Gasteiger partial charge in [-0.05, 0) is 223 Å². The van der Waals surface area contributed by atoms with Crippen LogP contribution in [0.15, 0.2) is 218 Å². The van der Waals surface area contributed by atoms with Crippen molar-refractivity contribution in [2.45, 2.75) is 0 Å². The highest BCUT2D eigenvalue weighted by atomic mass is 35.5. The van der Waals surface area contributed by atoms with Crippen LogP contribution in [-0.4, -0.2) is 6.71 Å². The van der Waals surface area contributed by atoms with E-state index in [4.69, 9.17) is 11.6 Å². The lowest BCUT2D eigenvalue weighted by Crippen LogP contribution is -2.61. The summed E-state index contributed by atoms with van der Waals surface area (Å²) in [4.78, 5) is 7.49. The summed E-state index contributed by atoms with van der Waals surface area (Å²) in [5.41, 5.74) is 10.2. The molecular weight excluding hydrogens is 975 g/mol. The lowest BCUT2D eigenvalue weighted by Gasteiger charge is -2.44. The molecule has 0 fully saturated rings. The summed E-state index contributed by atoms with van der Waals surface area (Å²) in [6, 6.07) is 56.0. The second kappa shape index (κ2) is 19.7. The minimum Gasteiger partial charge on any atom is -0.311 e. The average Bonchev–Trinajstić information content (AvgIpc) is 3.40. The van der Waals surface area contributed by atoms with Crippen LogP contribution in [0.1, 0.15) is 0 Å². The topological polar surface area (TPSA) is 13.0 Å². The van der Waals surface area contributed by atoms with Crippen LogP contribution in [-0.2, 0) is 0 Å². The van der Waals surface area contributed by atoms with E-state index in [2.05, 4.69) is 0 Å². The zero-order valence-electron chi connectivity index (χ0n) is 38.6. The Kier molecular flexibility index (Phi) is 12.6. The molecular formula is C60H36BClF8N4. The molecule has 0 aromatic heterocycles. The van der Waals surface area contributed by atoms with E-state index < -0.39 is 41.6 Å². The van der Waals surface area contributed by atoms with Gasteiger partial charge in [-0.15, -0.1) is 0 Å². The van der Waals surface area contributed by atoms with E-state index in [0.717, 1.165) is 28.2 Å². The van der Waals surface area contributed by atoms with Gasteiger partial charge in [-0.2, -0.15) is 0 Å². The second-order valence-electron chi connectivity index (χ2n) is 17.4. The zero-order chi connectivity index (χ0) is 51.2. The average molecular weight is 1010 g/mol. The van der Waals surface area contributed by atoms with Crippen molar-refractivity contribution in [1.82, 2.24) is 0 Å². The SMILES string of the molecule is Fc1ccc(N(c2ccc(F)cc2)c2cccc(N(c3ccc(F)cc3)c3ccc(F)cc3)c2Cl)cc1.Fc1ccc(N2c3ccc(F)cc3B3c4cc(F)ccc4N(c4ccc(F)cc4)c4cccc2c43)cc1. The van der Waals surface area contributed by atoms with Gasteiger partial charge < -0.3 is 19.6 Å². The van der Waals surface area contributed by atoms with Crippen molar-refractivity contribution in [2.75, 3.05) is 19.6 Å². The Morgan fingerprint density at radius 1 is 0.311 bits per heavy atom. The van der Waals surface area contributed by atoms with Gasteiger partial charge in [-0.3, -0.25) is 0 Å². The summed E-state index contributed by atoms with van der Waals surface area (Å²) in [5, 5.41) is 0.310. The number of hydrogen-bond acceptors (Lipinski definition) is 4. The van der Waals surface area contributed by atoms with Gasteiger partial charge in [0.2, 0.25) is 0 Å². The zero-order valence-corrected chi connectivity index (χ0v) is 39.3. The van der Waals surface area contributed by atoms with Gasteiger partial charge in [-0.25, -0.2) is 35.1 Å². The van der Waals surface area contributed by atoms with Crippen LogP contribution in [0.2, 0.25) is 5.02 Å². The van der Waals surface area contributed by atoms with Crippen LogP contribution in [0.4, 0.5) is 103 Å². The number of nitrogens with zero attached hydrogens (tertiary/aromatic N) is 4. The fourth-order valence-electron chi connectivity index (χ4n) is 9.69. The van der Waals surface area contributed by atoms with Crippen LogP contribution in [0, 0.1) is 46.5 Å². The number of halogens is 9. The molecule has 0 saturated heterocycles. The van der Waals surface area contributed by atoms with Crippen molar-refractivity contribution >= 4 is 103 Å². The van der Waals surface area contributed by atoms with Gasteiger partial charge in [0, 0.05) is 56.9 Å². The van der Waals surface area contributed by atoms with Crippen molar-refractivity contribution in [2.24, 2.45) is 0 Å². The molecule has 0 N–H and O–H groups in total. The number of benzene rings is 10. The minimum atomic E-state index is -0.448. The molecule has 0 atom stereocenters. The third kappa shape index (κ3) is 8.96. The van der Waals surface area contributed by atoms with Crippen LogP contribution < -0.4 is 36.0 Å². The lowest BCUT2D eigenvalue weighted by atomic mass is 9.33. The summed E-state index contributed by atoms with van der Waals surface area (Å²) in [7, 11) is 0. The molecule has 0 aliphatic carbocycles. The van der Waals surface area contributed by atoms with Crippen LogP contribution in [0.3, 0.4) is 0 Å². The minimum absolute atomic E-state index is 0.310. The van der Waals surface area contributed by atoms with Crippen LogP contribution in [0.25, 0.3) is 0 Å². The van der Waals surface area contributed by atoms with E-state index in [9.17, 15) is 35.1 Å². The fraction of sp³-hybridized carbons (Fsp3) is 0. The summed E-state index contributed by atoms with van der Waals surface area (Å²) in [6.07, 6.45) is 0. The first-order valence-electron chi connectivity index (χ1n) is 23.1. The summed E-state index contributed by atoms with van der Waals surface area (Å²) >= 11 is 7.04. The monoisotopic (exact) mass is 1010 g/mol. The van der Waals surface area contributed by atoms with Gasteiger partial charge >= 0.3 is 0 Å². The first-order chi connectivity index (χ1) is 35.9. The normalized spacial score (nSPS) is 12.0. The van der Waals surface area contributed by atoms with E-state index in [1.54, 1.807) is 113 Å². The predicted molar refractivity (Wildman–Crippen MR) is 281 cm³/mol. The highest BCUT2D eigenvalue weighted by Gasteiger charge is 2.43. The Morgan fingerprint density at radius 3 is 0.919 bits per heavy atom. The number of fused-ring (bicyclic) bond motifs is 4. The Hall–Kier alpha value is -8.81. The Labute approximate surface area is 425 Å². The molecule has 0 bridgehead atoms. The first-order valence-corrected chi connectivity index (χ1v) is 23.5. The Balaban J connectivity index is 0.000000159. The molecule has 10 aromatic carbocycles. The molecule has 14 heteroatoms. The largest absolute Gasteiger partial charge is 0.311 e. The van der Waals surface area contributed by atoms with Gasteiger partial charge in [0.25, 0.3) is 6.71 Å². The summed E-state index contributed by atoms with van der Waals surface area (Å²) in [6.45, 7) is -0.448. The van der Waals surface area contributed by atoms with Crippen molar-refractivity contribution in [3.63, 3.8) is 0 Å². The van der Waals surface area contributed by atoms with Crippen molar-refractivity contribution < 1.29 is 35.1 Å². The first kappa shape index (κ1) is 47.5. The van der Waals surface area contributed by atoms with E-state index in [1.165, 1.54) is 97.1 Å². The number of rotatable bonds is 8. The molecule has 0 amide bonds. The molecule has 12 rings (SSSR count). The summed E-state index contributed by atoms with van der Waals surface area (Å²) < 4.78 is 112. The molecule has 0 unspecified atom stereocenters. The maximum Gasteiger partial charge on any atom is 0.252 e. The van der Waals surface area contributed by atoms with E-state index in [-0.39, 0.29) is 11.6 Å². The van der Waals surface area contributed by atoms with Gasteiger partial charge in [0.15, 0.2) is 0 Å². The van der Waals surface area contributed by atoms with Gasteiger partial charge in [-0.1, -0.05) is 23.7 Å². The maximum absolute atomic E-state index is 14.7. The second-order valence-corrected chi connectivity index (χ2v) is 17.7. The highest BCUT2D eigenvalue weighted by molar-refractivity contribution is 7.00.